The zero-order valence-corrected chi connectivity index (χ0v) is 7.98. The topological polar surface area (TPSA) is 38.5 Å². The van der Waals surface area contributed by atoms with Crippen molar-refractivity contribution in [3.8, 4) is 0 Å². The number of nitrogens with two attached hydrogens (primary N) is 1. The van der Waals surface area contributed by atoms with Crippen LogP contribution in [0.3, 0.4) is 0 Å². The molecule has 3 aliphatic heterocycles. The predicted molar refractivity (Wildman–Crippen MR) is 50.4 cm³/mol. The van der Waals surface area contributed by atoms with Gasteiger partial charge in [0.25, 0.3) is 0 Å². The molecule has 3 heteroatoms. The fraction of sp³-hybridized carbons (Fsp3) is 1.00. The van der Waals surface area contributed by atoms with Crippen molar-refractivity contribution < 1.29 is 4.74 Å². The summed E-state index contributed by atoms with van der Waals surface area (Å²) < 4.78 is 5.91. The van der Waals surface area contributed by atoms with E-state index in [1.807, 2.05) is 0 Å². The molecule has 3 rings (SSSR count). The fourth-order valence-corrected chi connectivity index (χ4v) is 3.41. The van der Waals surface area contributed by atoms with Gasteiger partial charge in [0.15, 0.2) is 0 Å². The normalized spacial score (nSPS) is 48.7. The van der Waals surface area contributed by atoms with E-state index in [0.29, 0.717) is 12.2 Å². The van der Waals surface area contributed by atoms with Gasteiger partial charge in [0.1, 0.15) is 0 Å². The van der Waals surface area contributed by atoms with Crippen molar-refractivity contribution in [1.82, 2.24) is 4.90 Å². The molecule has 0 saturated carbocycles. The van der Waals surface area contributed by atoms with E-state index in [2.05, 4.69) is 4.90 Å². The van der Waals surface area contributed by atoms with Gasteiger partial charge in [-0.05, 0) is 12.8 Å². The lowest BCUT2D eigenvalue weighted by Gasteiger charge is -2.18. The Morgan fingerprint density at radius 2 is 1.77 bits per heavy atom. The van der Waals surface area contributed by atoms with Crippen molar-refractivity contribution in [3.05, 3.63) is 0 Å². The Bertz CT molecular complexity index is 191. The third-order valence-corrected chi connectivity index (χ3v) is 3.97. The van der Waals surface area contributed by atoms with Gasteiger partial charge in [-0.25, -0.2) is 0 Å². The van der Waals surface area contributed by atoms with E-state index in [1.54, 1.807) is 0 Å². The van der Waals surface area contributed by atoms with Gasteiger partial charge in [0.2, 0.25) is 0 Å². The quantitative estimate of drug-likeness (QED) is 0.656. The second-order valence-electron chi connectivity index (χ2n) is 4.67. The minimum absolute atomic E-state index is 0.595. The minimum atomic E-state index is 0.595. The Labute approximate surface area is 79.2 Å². The first-order valence-electron chi connectivity index (χ1n) is 5.46. The Kier molecular flexibility index (Phi) is 1.86. The average molecular weight is 182 g/mol. The minimum Gasteiger partial charge on any atom is -0.374 e. The number of nitrogens with zero attached hydrogens (tertiary/aromatic N) is 1. The molecule has 3 saturated heterocycles. The Balaban J connectivity index is 1.69. The Morgan fingerprint density at radius 3 is 2.31 bits per heavy atom. The molecule has 3 nitrogen and oxygen atoms in total. The molecule has 0 aromatic rings. The van der Waals surface area contributed by atoms with Crippen LogP contribution in [0, 0.1) is 11.8 Å². The largest absolute Gasteiger partial charge is 0.374 e. The van der Waals surface area contributed by atoms with Crippen molar-refractivity contribution >= 4 is 0 Å². The third kappa shape index (κ3) is 1.14. The van der Waals surface area contributed by atoms with Crippen LogP contribution in [0.5, 0.6) is 0 Å². The maximum Gasteiger partial charge on any atom is 0.0624 e. The first kappa shape index (κ1) is 8.21. The molecule has 0 unspecified atom stereocenters. The van der Waals surface area contributed by atoms with E-state index in [1.165, 1.54) is 25.9 Å². The fourth-order valence-electron chi connectivity index (χ4n) is 3.41. The Hall–Kier alpha value is -0.120. The highest BCUT2D eigenvalue weighted by Crippen LogP contribution is 2.46. The average Bonchev–Trinajstić information content (AvgIpc) is 2.72. The first-order chi connectivity index (χ1) is 6.38. The van der Waals surface area contributed by atoms with Gasteiger partial charge in [0.05, 0.1) is 12.2 Å². The van der Waals surface area contributed by atoms with Gasteiger partial charge in [-0.2, -0.15) is 0 Å². The summed E-state index contributed by atoms with van der Waals surface area (Å²) in [5.41, 5.74) is 5.57. The van der Waals surface area contributed by atoms with Crippen LogP contribution < -0.4 is 5.73 Å². The molecule has 0 aromatic heterocycles. The van der Waals surface area contributed by atoms with Crippen molar-refractivity contribution in [2.24, 2.45) is 17.6 Å². The number of fused-ring (bicyclic) bond motifs is 5. The molecule has 3 aliphatic rings. The summed E-state index contributed by atoms with van der Waals surface area (Å²) in [5.74, 6) is 1.68. The van der Waals surface area contributed by atoms with Gasteiger partial charge >= 0.3 is 0 Å². The van der Waals surface area contributed by atoms with Crippen molar-refractivity contribution in [1.29, 1.82) is 0 Å². The lowest BCUT2D eigenvalue weighted by Crippen LogP contribution is -2.29. The molecule has 0 aromatic carbocycles. The van der Waals surface area contributed by atoms with Gasteiger partial charge in [-0.1, -0.05) is 0 Å². The molecule has 3 heterocycles. The molecule has 2 N–H and O–H groups in total. The van der Waals surface area contributed by atoms with E-state index < -0.39 is 0 Å². The van der Waals surface area contributed by atoms with Crippen LogP contribution in [0.4, 0.5) is 0 Å². The number of likely N-dealkylation sites (tertiary alicyclic amines) is 1. The van der Waals surface area contributed by atoms with E-state index in [4.69, 9.17) is 10.5 Å². The maximum atomic E-state index is 5.91. The second kappa shape index (κ2) is 2.94. The number of rotatable bonds is 2. The molecule has 0 spiro atoms. The van der Waals surface area contributed by atoms with Crippen molar-refractivity contribution in [2.75, 3.05) is 26.2 Å². The summed E-state index contributed by atoms with van der Waals surface area (Å²) in [4.78, 5) is 2.52. The van der Waals surface area contributed by atoms with Crippen molar-refractivity contribution in [3.63, 3.8) is 0 Å². The number of ether oxygens (including phenoxy) is 1. The summed E-state index contributed by atoms with van der Waals surface area (Å²) in [5, 5.41) is 0. The van der Waals surface area contributed by atoms with Crippen LogP contribution in [-0.2, 0) is 4.74 Å². The molecule has 0 amide bonds. The molecule has 13 heavy (non-hydrogen) atoms. The van der Waals surface area contributed by atoms with Gasteiger partial charge in [-0.15, -0.1) is 0 Å². The highest BCUT2D eigenvalue weighted by molar-refractivity contribution is 5.02. The standard InChI is InChI=1S/C10H18N2O/c11-3-4-12-5-7-8(6-12)10-2-1-9(7)13-10/h7-10H,1-6,11H2/t7-,8+,9+,10-. The van der Waals surface area contributed by atoms with E-state index in [-0.39, 0.29) is 0 Å². The predicted octanol–water partition coefficient (Wildman–Crippen LogP) is 0.0543. The zero-order valence-electron chi connectivity index (χ0n) is 7.98. The first-order valence-corrected chi connectivity index (χ1v) is 5.46. The molecule has 74 valence electrons. The van der Waals surface area contributed by atoms with Gasteiger partial charge in [-0.3, -0.25) is 0 Å². The van der Waals surface area contributed by atoms with Crippen LogP contribution in [0.2, 0.25) is 0 Å². The molecular weight excluding hydrogens is 164 g/mol. The summed E-state index contributed by atoms with van der Waals surface area (Å²) >= 11 is 0. The molecule has 3 fully saturated rings. The summed E-state index contributed by atoms with van der Waals surface area (Å²) in [6.07, 6.45) is 3.81. The molecule has 0 radical (unpaired) electrons. The van der Waals surface area contributed by atoms with E-state index in [0.717, 1.165) is 24.9 Å². The van der Waals surface area contributed by atoms with Crippen LogP contribution in [0.25, 0.3) is 0 Å². The smallest absolute Gasteiger partial charge is 0.0624 e. The SMILES string of the molecule is NCCN1C[C@@H]2[C@H](C1)[C@H]1CC[C@@H]2O1. The van der Waals surface area contributed by atoms with Crippen LogP contribution in [-0.4, -0.2) is 43.3 Å². The third-order valence-electron chi connectivity index (χ3n) is 3.97. The maximum absolute atomic E-state index is 5.91. The number of hydrogen-bond acceptors (Lipinski definition) is 3. The lowest BCUT2D eigenvalue weighted by molar-refractivity contribution is 0.0710. The molecular formula is C10H18N2O. The molecule has 2 bridgehead atoms. The summed E-state index contributed by atoms with van der Waals surface area (Å²) in [7, 11) is 0. The number of hydrogen-bond donors (Lipinski definition) is 1. The summed E-state index contributed by atoms with van der Waals surface area (Å²) in [6, 6.07) is 0. The molecule has 0 aliphatic carbocycles. The summed E-state index contributed by atoms with van der Waals surface area (Å²) in [6.45, 7) is 4.36. The molecule has 4 atom stereocenters. The monoisotopic (exact) mass is 182 g/mol. The van der Waals surface area contributed by atoms with E-state index >= 15 is 0 Å². The van der Waals surface area contributed by atoms with Crippen molar-refractivity contribution in [2.45, 2.75) is 25.0 Å². The van der Waals surface area contributed by atoms with E-state index in [9.17, 15) is 0 Å². The van der Waals surface area contributed by atoms with Crippen LogP contribution in [0.1, 0.15) is 12.8 Å². The highest BCUT2D eigenvalue weighted by Gasteiger charge is 2.52. The second-order valence-corrected chi connectivity index (χ2v) is 4.67. The zero-order chi connectivity index (χ0) is 8.84. The van der Waals surface area contributed by atoms with Crippen LogP contribution >= 0.6 is 0 Å². The van der Waals surface area contributed by atoms with Gasteiger partial charge < -0.3 is 15.4 Å². The highest BCUT2D eigenvalue weighted by atomic mass is 16.5. The van der Waals surface area contributed by atoms with Crippen LogP contribution in [0.15, 0.2) is 0 Å². The lowest BCUT2D eigenvalue weighted by atomic mass is 9.82. The Morgan fingerprint density at radius 1 is 1.15 bits per heavy atom. The van der Waals surface area contributed by atoms with Gasteiger partial charge in [0, 0.05) is 38.0 Å².